The molecule has 2 atom stereocenters. The van der Waals surface area contributed by atoms with Crippen molar-refractivity contribution >= 4 is 6.41 Å². The van der Waals surface area contributed by atoms with Crippen molar-refractivity contribution in [1.29, 1.82) is 0 Å². The predicted molar refractivity (Wildman–Crippen MR) is 106 cm³/mol. The van der Waals surface area contributed by atoms with E-state index < -0.39 is 5.54 Å². The lowest BCUT2D eigenvalue weighted by molar-refractivity contribution is -0.123. The molecular weight excluding hydrogens is 322 g/mol. The van der Waals surface area contributed by atoms with Crippen molar-refractivity contribution in [2.75, 3.05) is 0 Å². The molecule has 0 aromatic heterocycles. The zero-order valence-electron chi connectivity index (χ0n) is 15.0. The third-order valence-corrected chi connectivity index (χ3v) is 5.33. The third kappa shape index (κ3) is 2.17. The maximum Gasteiger partial charge on any atom is 0.211 e. The normalized spacial score (nSPS) is 25.0. The van der Waals surface area contributed by atoms with Crippen LogP contribution in [0.25, 0.3) is 0 Å². The van der Waals surface area contributed by atoms with Gasteiger partial charge in [-0.2, -0.15) is 0 Å². The van der Waals surface area contributed by atoms with Crippen molar-refractivity contribution in [3.05, 3.63) is 102 Å². The third-order valence-electron chi connectivity index (χ3n) is 5.33. The minimum absolute atomic E-state index is 0.117. The smallest absolute Gasteiger partial charge is 0.211 e. The lowest BCUT2D eigenvalue weighted by atomic mass is 9.73. The van der Waals surface area contributed by atoms with Crippen molar-refractivity contribution in [1.82, 2.24) is 4.90 Å². The van der Waals surface area contributed by atoms with Crippen molar-refractivity contribution in [3.8, 4) is 5.75 Å². The average Bonchev–Trinajstić information content (AvgIpc) is 2.87. The Morgan fingerprint density at radius 1 is 1.12 bits per heavy atom. The molecule has 3 nitrogen and oxygen atoms in total. The number of hydrogen-bond acceptors (Lipinski definition) is 2. The molecule has 3 rings (SSSR count). The van der Waals surface area contributed by atoms with Crippen molar-refractivity contribution < 1.29 is 9.90 Å². The van der Waals surface area contributed by atoms with Crippen LogP contribution in [-0.2, 0) is 10.3 Å². The maximum absolute atomic E-state index is 12.2. The minimum atomic E-state index is -0.806. The predicted octanol–water partition coefficient (Wildman–Crippen LogP) is 4.56. The van der Waals surface area contributed by atoms with Crippen LogP contribution in [0.4, 0.5) is 0 Å². The number of amides is 1. The van der Waals surface area contributed by atoms with Crippen molar-refractivity contribution in [2.24, 2.45) is 0 Å². The summed E-state index contributed by atoms with van der Waals surface area (Å²) in [4.78, 5) is 14.1. The second-order valence-corrected chi connectivity index (χ2v) is 6.41. The molecule has 2 heterocycles. The number of benzene rings is 1. The number of rotatable bonds is 6. The van der Waals surface area contributed by atoms with Crippen LogP contribution in [0.1, 0.15) is 18.9 Å². The quantitative estimate of drug-likeness (QED) is 0.768. The number of hydrogen-bond donors (Lipinski definition) is 1. The molecule has 2 bridgehead atoms. The lowest BCUT2D eigenvalue weighted by Crippen LogP contribution is -2.51. The number of nitrogens with zero attached hydrogens (tertiary/aromatic N) is 1. The minimum Gasteiger partial charge on any atom is -0.508 e. The highest BCUT2D eigenvalue weighted by molar-refractivity contribution is 5.72. The first-order valence-electron chi connectivity index (χ1n) is 8.61. The monoisotopic (exact) mass is 345 g/mol. The van der Waals surface area contributed by atoms with E-state index in [9.17, 15) is 9.90 Å². The molecule has 1 N–H and O–H groups in total. The summed E-state index contributed by atoms with van der Waals surface area (Å²) in [7, 11) is 0. The van der Waals surface area contributed by atoms with E-state index in [0.717, 1.165) is 34.3 Å². The fourth-order valence-electron chi connectivity index (χ4n) is 4.37. The largest absolute Gasteiger partial charge is 0.508 e. The Morgan fingerprint density at radius 2 is 1.81 bits per heavy atom. The number of allylic oxidation sites excluding steroid dienone is 2. The van der Waals surface area contributed by atoms with Gasteiger partial charge >= 0.3 is 0 Å². The molecular formula is C23H23NO2. The van der Waals surface area contributed by atoms with Gasteiger partial charge in [0, 0.05) is 0 Å². The van der Waals surface area contributed by atoms with Gasteiger partial charge in [-0.1, -0.05) is 62.2 Å². The van der Waals surface area contributed by atoms with Gasteiger partial charge in [-0.25, -0.2) is 0 Å². The number of fused-ring (bicyclic) bond motifs is 2. The maximum atomic E-state index is 12.2. The number of carbonyl (C=O) groups excluding carboxylic acids is 1. The average molecular weight is 345 g/mol. The molecule has 0 radical (unpaired) electrons. The molecule has 2 aliphatic heterocycles. The Balaban J connectivity index is 2.49. The highest BCUT2D eigenvalue weighted by Gasteiger charge is 2.55. The van der Waals surface area contributed by atoms with Gasteiger partial charge in [-0.3, -0.25) is 4.79 Å². The van der Waals surface area contributed by atoms with Gasteiger partial charge < -0.3 is 10.0 Å². The summed E-state index contributed by atoms with van der Waals surface area (Å²) in [5, 5.41) is 9.76. The van der Waals surface area contributed by atoms with E-state index in [2.05, 4.69) is 19.7 Å². The van der Waals surface area contributed by atoms with Gasteiger partial charge in [-0.05, 0) is 53.3 Å². The van der Waals surface area contributed by atoms with Crippen LogP contribution in [-0.4, -0.2) is 22.5 Å². The van der Waals surface area contributed by atoms with Crippen LogP contribution in [0.2, 0.25) is 0 Å². The zero-order valence-corrected chi connectivity index (χ0v) is 15.0. The Labute approximate surface area is 154 Å². The molecule has 132 valence electrons. The van der Waals surface area contributed by atoms with E-state index in [1.165, 1.54) is 0 Å². The van der Waals surface area contributed by atoms with Gasteiger partial charge in [0.1, 0.15) is 11.3 Å². The molecule has 0 aliphatic carbocycles. The van der Waals surface area contributed by atoms with Gasteiger partial charge in [0.05, 0.1) is 6.04 Å². The molecule has 1 amide bonds. The molecule has 0 fully saturated rings. The van der Waals surface area contributed by atoms with Crippen LogP contribution in [0.15, 0.2) is 96.7 Å². The van der Waals surface area contributed by atoms with E-state index in [1.807, 2.05) is 54.3 Å². The van der Waals surface area contributed by atoms with Crippen molar-refractivity contribution in [2.45, 2.75) is 24.9 Å². The molecule has 2 unspecified atom stereocenters. The topological polar surface area (TPSA) is 40.5 Å². The summed E-state index contributed by atoms with van der Waals surface area (Å²) >= 11 is 0. The Hall–Kier alpha value is -3.07. The zero-order chi connectivity index (χ0) is 18.9. The van der Waals surface area contributed by atoms with Gasteiger partial charge in [0.2, 0.25) is 6.41 Å². The fraction of sp³-hybridized carbons (Fsp3) is 0.174. The summed E-state index contributed by atoms with van der Waals surface area (Å²) < 4.78 is 0. The van der Waals surface area contributed by atoms with Crippen molar-refractivity contribution in [3.63, 3.8) is 0 Å². The Kier molecular flexibility index (Phi) is 4.56. The van der Waals surface area contributed by atoms with Crippen LogP contribution in [0.3, 0.4) is 0 Å². The first kappa shape index (κ1) is 17.7. The molecule has 1 aromatic carbocycles. The highest BCUT2D eigenvalue weighted by Crippen LogP contribution is 2.56. The van der Waals surface area contributed by atoms with E-state index >= 15 is 0 Å². The standard InChI is InChI=1S/C23H23NO2/c1-5-9-21-16(6-2)14-22-19(7-3)20(8-4)23(21,24(22)15-25)17-10-12-18(26)13-11-17/h5-13,15,22,26H,2-4,14H2,1H3/b9-5-. The van der Waals surface area contributed by atoms with Crippen LogP contribution in [0, 0.1) is 0 Å². The van der Waals surface area contributed by atoms with Gasteiger partial charge in [-0.15, -0.1) is 0 Å². The number of phenolic OH excluding ortho intramolecular Hbond substituents is 1. The lowest BCUT2D eigenvalue weighted by Gasteiger charge is -2.46. The van der Waals surface area contributed by atoms with Gasteiger partial charge in [0.15, 0.2) is 0 Å². The molecule has 0 saturated carbocycles. The number of aromatic hydroxyl groups is 1. The Morgan fingerprint density at radius 3 is 2.31 bits per heavy atom. The SMILES string of the molecule is C=CC1=C(/C=C\C)C2(c3ccc(O)cc3)C(C=C)=C(C=C)C(C1)N2C=O. The molecule has 0 spiro atoms. The van der Waals surface area contributed by atoms with E-state index in [-0.39, 0.29) is 11.8 Å². The van der Waals surface area contributed by atoms with E-state index in [1.54, 1.807) is 12.1 Å². The summed E-state index contributed by atoms with van der Waals surface area (Å²) in [6.45, 7) is 14.0. The second kappa shape index (κ2) is 6.68. The van der Waals surface area contributed by atoms with Crippen LogP contribution >= 0.6 is 0 Å². The summed E-state index contributed by atoms with van der Waals surface area (Å²) in [5.41, 5.74) is 4.12. The summed E-state index contributed by atoms with van der Waals surface area (Å²) in [5.74, 6) is 0.182. The van der Waals surface area contributed by atoms with Crippen LogP contribution in [0.5, 0.6) is 5.75 Å². The van der Waals surface area contributed by atoms with Crippen LogP contribution < -0.4 is 0 Å². The summed E-state index contributed by atoms with van der Waals surface area (Å²) in [6.07, 6.45) is 11.1. The molecule has 26 heavy (non-hydrogen) atoms. The molecule has 2 aliphatic rings. The first-order chi connectivity index (χ1) is 12.6. The molecule has 1 aromatic rings. The van der Waals surface area contributed by atoms with E-state index in [4.69, 9.17) is 0 Å². The molecule has 3 heteroatoms. The number of carbonyl (C=O) groups is 1. The summed E-state index contributed by atoms with van der Waals surface area (Å²) in [6, 6.07) is 6.88. The number of phenols is 1. The fourth-order valence-corrected chi connectivity index (χ4v) is 4.37. The molecule has 0 saturated heterocycles. The van der Waals surface area contributed by atoms with Gasteiger partial charge in [0.25, 0.3) is 0 Å². The van der Waals surface area contributed by atoms with E-state index in [0.29, 0.717) is 6.42 Å². The highest BCUT2D eigenvalue weighted by atomic mass is 16.3. The Bertz CT molecular complexity index is 870. The second-order valence-electron chi connectivity index (χ2n) is 6.41. The first-order valence-corrected chi connectivity index (χ1v) is 8.61.